The van der Waals surface area contributed by atoms with Gasteiger partial charge in [0.25, 0.3) is 11.7 Å². The number of H-pyrrole nitrogens is 1. The van der Waals surface area contributed by atoms with Gasteiger partial charge in [-0.2, -0.15) is 9.67 Å². The number of thioether (sulfide) groups is 1. The number of hydrogen-bond donors (Lipinski definition) is 4. The third-order valence-corrected chi connectivity index (χ3v) is 5.73. The van der Waals surface area contributed by atoms with Crippen LogP contribution in [-0.2, 0) is 4.79 Å². The number of carbonyl (C=O) groups excluding carboxylic acids is 1. The van der Waals surface area contributed by atoms with Crippen molar-refractivity contribution in [1.29, 1.82) is 0 Å². The number of halogens is 1. The summed E-state index contributed by atoms with van der Waals surface area (Å²) in [5.41, 5.74) is 4.56. The quantitative estimate of drug-likeness (QED) is 0.139. The number of aromatic nitrogens is 3. The molecule has 1 amide bonds. The first kappa shape index (κ1) is 22.4. The molecule has 0 atom stereocenters. The normalized spacial score (nSPS) is 11.1. The lowest BCUT2D eigenvalue weighted by atomic mass is 10.2. The predicted octanol–water partition coefficient (Wildman–Crippen LogP) is 3.66. The summed E-state index contributed by atoms with van der Waals surface area (Å²) in [5.74, 6) is 0.276. The number of hydrogen-bond acceptors (Lipinski definition) is 6. The maximum absolute atomic E-state index is 12.3. The fraction of sp³-hybridized carbons (Fsp3) is 0.0435. The smallest absolute Gasteiger partial charge is 0.342 e. The molecule has 1 aromatic heterocycles. The van der Waals surface area contributed by atoms with Crippen molar-refractivity contribution in [2.75, 3.05) is 5.75 Å². The van der Waals surface area contributed by atoms with E-state index in [0.29, 0.717) is 15.7 Å². The highest BCUT2D eigenvalue weighted by Gasteiger charge is 2.24. The van der Waals surface area contributed by atoms with E-state index in [1.807, 2.05) is 47.0 Å². The van der Waals surface area contributed by atoms with E-state index in [-0.39, 0.29) is 23.2 Å². The van der Waals surface area contributed by atoms with Crippen LogP contribution in [0.1, 0.15) is 5.56 Å². The van der Waals surface area contributed by atoms with Crippen LogP contribution in [-0.4, -0.2) is 38.3 Å². The fourth-order valence-corrected chi connectivity index (χ4v) is 3.88. The Balaban J connectivity index is 1.49. The van der Waals surface area contributed by atoms with Crippen molar-refractivity contribution in [3.05, 3.63) is 83.4 Å². The summed E-state index contributed by atoms with van der Waals surface area (Å²) in [6.07, 6.45) is 1.30. The van der Waals surface area contributed by atoms with Gasteiger partial charge in [0, 0.05) is 16.7 Å². The molecule has 0 radical (unpaired) electrons. The molecule has 166 valence electrons. The zero-order valence-electron chi connectivity index (χ0n) is 17.1. The van der Waals surface area contributed by atoms with Gasteiger partial charge in [0.1, 0.15) is 17.2 Å². The summed E-state index contributed by atoms with van der Waals surface area (Å²) in [6.45, 7) is 0. The molecule has 0 saturated carbocycles. The lowest BCUT2D eigenvalue weighted by molar-refractivity contribution is -0.625. The van der Waals surface area contributed by atoms with Gasteiger partial charge in [-0.05, 0) is 60.3 Å². The average Bonchev–Trinajstić information content (AvgIpc) is 3.24. The van der Waals surface area contributed by atoms with Gasteiger partial charge >= 0.3 is 5.16 Å². The number of amides is 1. The molecule has 0 spiro atoms. The zero-order chi connectivity index (χ0) is 23.2. The molecule has 0 bridgehead atoms. The van der Waals surface area contributed by atoms with E-state index in [9.17, 15) is 15.0 Å². The van der Waals surface area contributed by atoms with Crippen LogP contribution in [0.5, 0.6) is 11.5 Å². The van der Waals surface area contributed by atoms with Crippen LogP contribution in [0.15, 0.2) is 83.1 Å². The Bertz CT molecular complexity index is 1290. The van der Waals surface area contributed by atoms with Crippen LogP contribution in [0.2, 0.25) is 5.02 Å². The Morgan fingerprint density at radius 1 is 1.12 bits per heavy atom. The molecule has 1 heterocycles. The summed E-state index contributed by atoms with van der Waals surface area (Å²) in [5, 5.41) is 31.6. The molecule has 4 rings (SSSR count). The molecule has 4 aromatic rings. The third kappa shape index (κ3) is 5.51. The number of benzene rings is 3. The predicted molar refractivity (Wildman–Crippen MR) is 127 cm³/mol. The molecule has 8 nitrogen and oxygen atoms in total. The lowest BCUT2D eigenvalue weighted by Gasteiger charge is -2.04. The molecule has 4 N–H and O–H groups in total. The molecule has 0 saturated heterocycles. The maximum Gasteiger partial charge on any atom is 0.342 e. The Morgan fingerprint density at radius 2 is 1.88 bits per heavy atom. The van der Waals surface area contributed by atoms with E-state index in [1.54, 1.807) is 12.1 Å². The van der Waals surface area contributed by atoms with E-state index in [2.05, 4.69) is 20.7 Å². The van der Waals surface area contributed by atoms with Gasteiger partial charge in [-0.15, -0.1) is 5.10 Å². The number of nitrogens with one attached hydrogen (secondary N) is 2. The van der Waals surface area contributed by atoms with Crippen LogP contribution in [0.4, 0.5) is 0 Å². The SMILES string of the molecule is O=C(CSc1n[nH]c(-c2ccccc2)[n+]1-c1ccc(Cl)cc1)NN=Cc1ccc(O)cc1O. The minimum atomic E-state index is -0.346. The summed E-state index contributed by atoms with van der Waals surface area (Å²) in [4.78, 5) is 12.3. The standard InChI is InChI=1S/C23H18ClN5O3S/c24-17-7-9-18(10-8-17)29-22(15-4-2-1-3-5-15)27-28-23(29)33-14-21(32)26-25-13-16-6-11-19(30)12-20(16)31/h1-13H,14H2,(H3,25,26,30,31,32)/p+1. The highest BCUT2D eigenvalue weighted by molar-refractivity contribution is 7.99. The first-order chi connectivity index (χ1) is 16.0. The van der Waals surface area contributed by atoms with Gasteiger partial charge in [-0.1, -0.05) is 29.8 Å². The lowest BCUT2D eigenvalue weighted by Crippen LogP contribution is -2.34. The van der Waals surface area contributed by atoms with Gasteiger partial charge in [-0.3, -0.25) is 4.79 Å². The first-order valence-electron chi connectivity index (χ1n) is 9.80. The molecule has 0 fully saturated rings. The van der Waals surface area contributed by atoms with E-state index in [1.165, 1.54) is 36.2 Å². The van der Waals surface area contributed by atoms with Crippen molar-refractivity contribution in [3.8, 4) is 28.6 Å². The second-order valence-corrected chi connectivity index (χ2v) is 8.24. The van der Waals surface area contributed by atoms with Crippen LogP contribution in [0.3, 0.4) is 0 Å². The number of hydrazone groups is 1. The molecule has 33 heavy (non-hydrogen) atoms. The van der Waals surface area contributed by atoms with Crippen LogP contribution in [0.25, 0.3) is 17.1 Å². The van der Waals surface area contributed by atoms with Crippen molar-refractivity contribution in [2.45, 2.75) is 5.16 Å². The van der Waals surface area contributed by atoms with Crippen molar-refractivity contribution in [3.63, 3.8) is 0 Å². The summed E-state index contributed by atoms with van der Waals surface area (Å²) < 4.78 is 1.92. The molecule has 10 heteroatoms. The number of aromatic hydroxyl groups is 2. The number of aromatic amines is 1. The minimum Gasteiger partial charge on any atom is -0.508 e. The number of carbonyl (C=O) groups is 1. The number of phenols is 2. The average molecular weight is 481 g/mol. The second-order valence-electron chi connectivity index (χ2n) is 6.86. The summed E-state index contributed by atoms with van der Waals surface area (Å²) >= 11 is 7.29. The highest BCUT2D eigenvalue weighted by Crippen LogP contribution is 2.22. The monoisotopic (exact) mass is 480 g/mol. The van der Waals surface area contributed by atoms with E-state index in [0.717, 1.165) is 17.1 Å². The molecular weight excluding hydrogens is 462 g/mol. The van der Waals surface area contributed by atoms with Crippen molar-refractivity contribution < 1.29 is 19.6 Å². The topological polar surface area (TPSA) is 114 Å². The zero-order valence-corrected chi connectivity index (χ0v) is 18.7. The van der Waals surface area contributed by atoms with Crippen molar-refractivity contribution in [2.24, 2.45) is 5.10 Å². The van der Waals surface area contributed by atoms with Crippen LogP contribution < -0.4 is 9.99 Å². The minimum absolute atomic E-state index is 0.0611. The Hall–Kier alpha value is -3.82. The van der Waals surface area contributed by atoms with Gasteiger partial charge in [-0.25, -0.2) is 5.43 Å². The Labute approximate surface area is 198 Å². The van der Waals surface area contributed by atoms with Crippen LogP contribution in [0, 0.1) is 0 Å². The molecule has 0 aliphatic rings. The van der Waals surface area contributed by atoms with Crippen molar-refractivity contribution >= 4 is 35.5 Å². The fourth-order valence-electron chi connectivity index (χ4n) is 2.99. The van der Waals surface area contributed by atoms with Gasteiger partial charge < -0.3 is 10.2 Å². The van der Waals surface area contributed by atoms with Crippen molar-refractivity contribution in [1.82, 2.24) is 15.6 Å². The third-order valence-electron chi connectivity index (χ3n) is 4.54. The molecule has 0 aliphatic carbocycles. The number of rotatable bonds is 7. The van der Waals surface area contributed by atoms with Crippen LogP contribution >= 0.6 is 23.4 Å². The largest absolute Gasteiger partial charge is 0.508 e. The molecule has 0 aliphatic heterocycles. The Morgan fingerprint density at radius 3 is 2.61 bits per heavy atom. The van der Waals surface area contributed by atoms with Gasteiger partial charge in [0.15, 0.2) is 0 Å². The maximum atomic E-state index is 12.3. The molecular formula is C23H19ClN5O3S+. The van der Waals surface area contributed by atoms with Gasteiger partial charge in [0.05, 0.1) is 22.6 Å². The van der Waals surface area contributed by atoms with E-state index < -0.39 is 0 Å². The second kappa shape index (κ2) is 10.2. The number of phenolic OH excluding ortho intramolecular Hbond substituents is 2. The number of nitrogens with zero attached hydrogens (tertiary/aromatic N) is 3. The molecule has 3 aromatic carbocycles. The molecule has 0 unspecified atom stereocenters. The van der Waals surface area contributed by atoms with E-state index in [4.69, 9.17) is 11.6 Å². The van der Waals surface area contributed by atoms with E-state index >= 15 is 0 Å². The summed E-state index contributed by atoms with van der Waals surface area (Å²) in [6, 6.07) is 21.2. The highest BCUT2D eigenvalue weighted by atomic mass is 35.5. The first-order valence-corrected chi connectivity index (χ1v) is 11.2. The summed E-state index contributed by atoms with van der Waals surface area (Å²) in [7, 11) is 0. The Kier molecular flexibility index (Phi) is 6.92. The van der Waals surface area contributed by atoms with Gasteiger partial charge in [0.2, 0.25) is 0 Å².